The highest BCUT2D eigenvalue weighted by atomic mass is 35.5. The van der Waals surface area contributed by atoms with Crippen LogP contribution in [0.4, 0.5) is 5.69 Å². The normalized spacial score (nSPS) is 11.0. The molecule has 0 bridgehead atoms. The zero-order valence-electron chi connectivity index (χ0n) is 12.1. The lowest BCUT2D eigenvalue weighted by atomic mass is 10.1. The van der Waals surface area contributed by atoms with Gasteiger partial charge in [-0.15, -0.1) is 5.10 Å². The quantitative estimate of drug-likeness (QED) is 0.599. The predicted molar refractivity (Wildman–Crippen MR) is 83.0 cm³/mol. The van der Waals surface area contributed by atoms with Gasteiger partial charge in [-0.1, -0.05) is 24.9 Å². The second-order valence-corrected chi connectivity index (χ2v) is 5.21. The molecule has 2 N–H and O–H groups in total. The molecule has 0 atom stereocenters. The number of hydrogen-bond donors (Lipinski definition) is 1. The molecular weight excluding hydrogens is 290 g/mol. The van der Waals surface area contributed by atoms with Crippen molar-refractivity contribution in [1.29, 1.82) is 0 Å². The number of aromatic nitrogens is 4. The lowest BCUT2D eigenvalue weighted by Gasteiger charge is -2.08. The van der Waals surface area contributed by atoms with Crippen LogP contribution in [-0.4, -0.2) is 33.4 Å². The standard InChI is InChI=1S/C14H20ClN5O/c1-2-3-8-21-9-4-7-20-14(17-18-19-20)12-10-11(15)5-6-13(12)16/h5-6,10H,2-4,7-9,16H2,1H3. The predicted octanol–water partition coefficient (Wildman–Crippen LogP) is 2.78. The van der Waals surface area contributed by atoms with Gasteiger partial charge in [0.15, 0.2) is 5.82 Å². The van der Waals surface area contributed by atoms with Crippen molar-refractivity contribution < 1.29 is 4.74 Å². The fourth-order valence-corrected chi connectivity index (χ4v) is 2.11. The lowest BCUT2D eigenvalue weighted by molar-refractivity contribution is 0.125. The number of nitrogens with zero attached hydrogens (tertiary/aromatic N) is 4. The highest BCUT2D eigenvalue weighted by molar-refractivity contribution is 6.31. The van der Waals surface area contributed by atoms with E-state index in [1.54, 1.807) is 22.9 Å². The summed E-state index contributed by atoms with van der Waals surface area (Å²) < 4.78 is 7.26. The van der Waals surface area contributed by atoms with Gasteiger partial charge in [-0.05, 0) is 41.5 Å². The second kappa shape index (κ2) is 7.95. The van der Waals surface area contributed by atoms with Crippen molar-refractivity contribution in [2.24, 2.45) is 0 Å². The highest BCUT2D eigenvalue weighted by Crippen LogP contribution is 2.26. The highest BCUT2D eigenvalue weighted by Gasteiger charge is 2.12. The summed E-state index contributed by atoms with van der Waals surface area (Å²) in [7, 11) is 0. The SMILES string of the molecule is CCCCOCCCn1nnnc1-c1cc(Cl)ccc1N. The van der Waals surface area contributed by atoms with E-state index in [0.717, 1.165) is 31.4 Å². The molecule has 0 aliphatic rings. The van der Waals surface area contributed by atoms with Crippen molar-refractivity contribution >= 4 is 17.3 Å². The summed E-state index contributed by atoms with van der Waals surface area (Å²) in [4.78, 5) is 0. The molecule has 0 aliphatic carbocycles. The summed E-state index contributed by atoms with van der Waals surface area (Å²) in [6.07, 6.45) is 3.09. The Morgan fingerprint density at radius 2 is 2.10 bits per heavy atom. The van der Waals surface area contributed by atoms with E-state index >= 15 is 0 Å². The molecule has 0 spiro atoms. The molecule has 1 aromatic heterocycles. The van der Waals surface area contributed by atoms with Gasteiger partial charge >= 0.3 is 0 Å². The van der Waals surface area contributed by atoms with Crippen LogP contribution in [0, 0.1) is 0 Å². The number of nitrogen functional groups attached to an aromatic ring is 1. The van der Waals surface area contributed by atoms with E-state index in [2.05, 4.69) is 22.4 Å². The average Bonchev–Trinajstić information content (AvgIpc) is 2.93. The third-order valence-electron chi connectivity index (χ3n) is 3.09. The molecule has 0 saturated heterocycles. The summed E-state index contributed by atoms with van der Waals surface area (Å²) in [6.45, 7) is 4.33. The van der Waals surface area contributed by atoms with Crippen LogP contribution in [0.1, 0.15) is 26.2 Å². The molecule has 0 aliphatic heterocycles. The van der Waals surface area contributed by atoms with Crippen molar-refractivity contribution in [3.05, 3.63) is 23.2 Å². The number of anilines is 1. The minimum atomic E-state index is 0.606. The van der Waals surface area contributed by atoms with Crippen LogP contribution in [0.25, 0.3) is 11.4 Å². The smallest absolute Gasteiger partial charge is 0.184 e. The van der Waals surface area contributed by atoms with E-state index in [9.17, 15) is 0 Å². The Morgan fingerprint density at radius 3 is 2.90 bits per heavy atom. The Kier molecular flexibility index (Phi) is 5.95. The second-order valence-electron chi connectivity index (χ2n) is 4.78. The van der Waals surface area contributed by atoms with Gasteiger partial charge in [0.1, 0.15) is 0 Å². The zero-order valence-corrected chi connectivity index (χ0v) is 12.9. The summed E-state index contributed by atoms with van der Waals surface area (Å²) >= 11 is 6.01. The number of benzene rings is 1. The number of tetrazole rings is 1. The van der Waals surface area contributed by atoms with Gasteiger partial charge in [0.2, 0.25) is 0 Å². The van der Waals surface area contributed by atoms with Crippen LogP contribution in [0.2, 0.25) is 5.02 Å². The summed E-state index contributed by atoms with van der Waals surface area (Å²) in [5.74, 6) is 0.628. The maximum absolute atomic E-state index is 6.01. The Balaban J connectivity index is 1.97. The van der Waals surface area contributed by atoms with Crippen LogP contribution < -0.4 is 5.73 Å². The number of rotatable bonds is 8. The largest absolute Gasteiger partial charge is 0.398 e. The first kappa shape index (κ1) is 15.7. The van der Waals surface area contributed by atoms with Gasteiger partial charge < -0.3 is 10.5 Å². The van der Waals surface area contributed by atoms with E-state index in [1.807, 2.05) is 0 Å². The molecule has 2 rings (SSSR count). The maximum atomic E-state index is 6.01. The number of hydrogen-bond acceptors (Lipinski definition) is 5. The van der Waals surface area contributed by atoms with Crippen LogP contribution >= 0.6 is 11.6 Å². The fraction of sp³-hybridized carbons (Fsp3) is 0.500. The van der Waals surface area contributed by atoms with Crippen molar-refractivity contribution in [2.45, 2.75) is 32.7 Å². The molecule has 2 aromatic rings. The van der Waals surface area contributed by atoms with Crippen molar-refractivity contribution in [3.8, 4) is 11.4 Å². The Morgan fingerprint density at radius 1 is 1.29 bits per heavy atom. The number of halogens is 1. The Hall–Kier alpha value is -1.66. The molecule has 0 saturated carbocycles. The monoisotopic (exact) mass is 309 g/mol. The third-order valence-corrected chi connectivity index (χ3v) is 3.32. The van der Waals surface area contributed by atoms with E-state index in [4.69, 9.17) is 22.1 Å². The van der Waals surface area contributed by atoms with E-state index in [-0.39, 0.29) is 0 Å². The molecule has 0 radical (unpaired) electrons. The first-order valence-corrected chi connectivity index (χ1v) is 7.49. The topological polar surface area (TPSA) is 78.8 Å². The zero-order chi connectivity index (χ0) is 15.1. The third kappa shape index (κ3) is 4.41. The van der Waals surface area contributed by atoms with Crippen LogP contribution in [-0.2, 0) is 11.3 Å². The molecule has 21 heavy (non-hydrogen) atoms. The minimum Gasteiger partial charge on any atom is -0.398 e. The van der Waals surface area contributed by atoms with Gasteiger partial charge in [0.25, 0.3) is 0 Å². The lowest BCUT2D eigenvalue weighted by Crippen LogP contribution is -2.07. The Labute approximate surface area is 129 Å². The van der Waals surface area contributed by atoms with Gasteiger partial charge in [-0.25, -0.2) is 4.68 Å². The van der Waals surface area contributed by atoms with E-state index in [1.165, 1.54) is 0 Å². The van der Waals surface area contributed by atoms with Gasteiger partial charge in [-0.3, -0.25) is 0 Å². The van der Waals surface area contributed by atoms with Crippen molar-refractivity contribution in [1.82, 2.24) is 20.2 Å². The van der Waals surface area contributed by atoms with Crippen LogP contribution in [0.15, 0.2) is 18.2 Å². The van der Waals surface area contributed by atoms with Crippen molar-refractivity contribution in [3.63, 3.8) is 0 Å². The average molecular weight is 310 g/mol. The van der Waals surface area contributed by atoms with Crippen LogP contribution in [0.5, 0.6) is 0 Å². The molecule has 7 heteroatoms. The van der Waals surface area contributed by atoms with Gasteiger partial charge in [0.05, 0.1) is 0 Å². The number of unbranched alkanes of at least 4 members (excludes halogenated alkanes) is 1. The van der Waals surface area contributed by atoms with Crippen LogP contribution in [0.3, 0.4) is 0 Å². The molecule has 0 unspecified atom stereocenters. The minimum absolute atomic E-state index is 0.606. The molecular formula is C14H20ClN5O. The number of nitrogens with two attached hydrogens (primary N) is 1. The summed E-state index contributed by atoms with van der Waals surface area (Å²) in [5, 5.41) is 12.4. The number of aryl methyl sites for hydroxylation is 1. The van der Waals surface area contributed by atoms with Crippen molar-refractivity contribution in [2.75, 3.05) is 18.9 Å². The van der Waals surface area contributed by atoms with E-state index in [0.29, 0.717) is 29.7 Å². The molecule has 0 amide bonds. The first-order valence-electron chi connectivity index (χ1n) is 7.11. The van der Waals surface area contributed by atoms with E-state index < -0.39 is 0 Å². The molecule has 1 heterocycles. The maximum Gasteiger partial charge on any atom is 0.184 e. The van der Waals surface area contributed by atoms with Gasteiger partial charge in [0, 0.05) is 36.0 Å². The first-order chi connectivity index (χ1) is 10.2. The summed E-state index contributed by atoms with van der Waals surface area (Å²) in [5.41, 5.74) is 7.32. The molecule has 0 fully saturated rings. The summed E-state index contributed by atoms with van der Waals surface area (Å²) in [6, 6.07) is 5.28. The molecule has 1 aromatic carbocycles. The van der Waals surface area contributed by atoms with Gasteiger partial charge in [-0.2, -0.15) is 0 Å². The molecule has 6 nitrogen and oxygen atoms in total. The number of ether oxygens (including phenoxy) is 1. The molecule has 114 valence electrons. The Bertz CT molecular complexity index is 572. The fourth-order valence-electron chi connectivity index (χ4n) is 1.94.